The molecule has 7 N–H and O–H groups in total. The molecule has 0 spiro atoms. The number of aliphatic hydroxyl groups excluding tert-OH is 3. The summed E-state index contributed by atoms with van der Waals surface area (Å²) in [7, 11) is -0.761. The molecule has 0 unspecified atom stereocenters. The van der Waals surface area contributed by atoms with Crippen molar-refractivity contribution in [3.63, 3.8) is 0 Å². The van der Waals surface area contributed by atoms with Gasteiger partial charge < -0.3 is 31.3 Å². The molecule has 0 aliphatic heterocycles. The molecular formula is C28H36N2O10S. The van der Waals surface area contributed by atoms with Crippen LogP contribution in [-0.2, 0) is 30.6 Å². The van der Waals surface area contributed by atoms with E-state index in [0.717, 1.165) is 6.26 Å². The van der Waals surface area contributed by atoms with E-state index in [4.69, 9.17) is 5.73 Å². The first kappa shape index (κ1) is 30.7. The van der Waals surface area contributed by atoms with Gasteiger partial charge in [0.15, 0.2) is 21.2 Å². The predicted octanol–water partition coefficient (Wildman–Crippen LogP) is 0.495. The first-order valence-electron chi connectivity index (χ1n) is 13.0. The van der Waals surface area contributed by atoms with Gasteiger partial charge in [-0.3, -0.25) is 19.3 Å². The van der Waals surface area contributed by atoms with E-state index in [1.54, 1.807) is 27.7 Å². The number of rotatable bonds is 4. The molecule has 3 aliphatic rings. The molecule has 0 heterocycles. The standard InChI is InChI=1S/C28H36N2O10S/c1-10-13-11(9-41(7,39)40)8-12(27(2,3)4)20(31)15(13)21(32)16-14(10)22(33)18-19(30(5)6)23(34)17(26(29)37)25(36)28(18,38)24(16)35/h8,10,14,18-19,22,31,33-35,38H,9H2,1-7H3,(H2,29,37)/t10-,14+,18+,19-,22-,28-/m1/s1. The van der Waals surface area contributed by atoms with Crippen LogP contribution in [0.2, 0.25) is 0 Å². The summed E-state index contributed by atoms with van der Waals surface area (Å²) in [6.45, 7) is 6.81. The van der Waals surface area contributed by atoms with Gasteiger partial charge >= 0.3 is 0 Å². The molecule has 0 fully saturated rings. The number of aromatic hydroxyl groups is 1. The first-order valence-corrected chi connectivity index (χ1v) is 15.0. The molecule has 224 valence electrons. The summed E-state index contributed by atoms with van der Waals surface area (Å²) >= 11 is 0. The minimum atomic E-state index is -3.65. The van der Waals surface area contributed by atoms with Crippen LogP contribution >= 0.6 is 0 Å². The normalized spacial score (nSPS) is 30.3. The summed E-state index contributed by atoms with van der Waals surface area (Å²) < 4.78 is 24.9. The number of hydrogen-bond donors (Lipinski definition) is 6. The number of Topliss-reactive ketones (excluding diaryl/α,β-unsaturated/α-hetero) is 2. The number of primary amides is 1. The van der Waals surface area contributed by atoms with Crippen LogP contribution in [0.15, 0.2) is 28.7 Å². The van der Waals surface area contributed by atoms with E-state index in [1.807, 2.05) is 0 Å². The molecule has 13 heteroatoms. The molecule has 1 aromatic carbocycles. The maximum absolute atomic E-state index is 14.2. The van der Waals surface area contributed by atoms with Crippen LogP contribution in [0.5, 0.6) is 5.75 Å². The molecule has 0 saturated carbocycles. The zero-order valence-corrected chi connectivity index (χ0v) is 24.7. The van der Waals surface area contributed by atoms with Crippen molar-refractivity contribution in [2.45, 2.75) is 62.5 Å². The number of aliphatic hydroxyl groups is 4. The third-order valence-corrected chi connectivity index (χ3v) is 9.37. The topological polar surface area (TPSA) is 216 Å². The first-order chi connectivity index (χ1) is 18.6. The third-order valence-electron chi connectivity index (χ3n) is 8.54. The number of sulfone groups is 1. The Morgan fingerprint density at radius 2 is 1.71 bits per heavy atom. The second-order valence-electron chi connectivity index (χ2n) is 12.6. The van der Waals surface area contributed by atoms with Crippen molar-refractivity contribution in [3.8, 4) is 5.75 Å². The zero-order valence-electron chi connectivity index (χ0n) is 23.9. The van der Waals surface area contributed by atoms with E-state index in [2.05, 4.69) is 0 Å². The van der Waals surface area contributed by atoms with E-state index in [-0.39, 0.29) is 22.3 Å². The van der Waals surface area contributed by atoms with Gasteiger partial charge in [0.2, 0.25) is 5.78 Å². The average Bonchev–Trinajstić information content (AvgIpc) is 2.80. The number of carbonyl (C=O) groups excluding carboxylic acids is 3. The van der Waals surface area contributed by atoms with Gasteiger partial charge in [0.25, 0.3) is 5.91 Å². The highest BCUT2D eigenvalue weighted by molar-refractivity contribution is 7.89. The molecule has 0 radical (unpaired) electrons. The monoisotopic (exact) mass is 592 g/mol. The summed E-state index contributed by atoms with van der Waals surface area (Å²) in [4.78, 5) is 41.2. The average molecular weight is 593 g/mol. The number of amides is 1. The number of likely N-dealkylation sites (N-methyl/N-ethyl adjacent to an activating group) is 1. The number of benzene rings is 1. The molecule has 6 atom stereocenters. The lowest BCUT2D eigenvalue weighted by molar-refractivity contribution is -0.162. The molecule has 1 aromatic rings. The number of fused-ring (bicyclic) bond motifs is 3. The molecule has 0 aromatic heterocycles. The van der Waals surface area contributed by atoms with Gasteiger partial charge in [-0.15, -0.1) is 0 Å². The SMILES string of the molecule is C[C@@H]1c2c(CS(C)(=O)=O)cc(C(C)(C)C)c(O)c2C(=O)C2=C(O)[C@@]3(O)C(=O)C(C(N)=O)=C(O)[C@H](N(C)C)[C@H]3[C@H](O)[C@H]21. The minimum absolute atomic E-state index is 0.151. The maximum Gasteiger partial charge on any atom is 0.255 e. The lowest BCUT2D eigenvalue weighted by Gasteiger charge is -2.53. The third kappa shape index (κ3) is 4.28. The van der Waals surface area contributed by atoms with Crippen LogP contribution < -0.4 is 5.73 Å². The van der Waals surface area contributed by atoms with Crippen LogP contribution in [0.4, 0.5) is 0 Å². The van der Waals surface area contributed by atoms with Crippen molar-refractivity contribution in [1.82, 2.24) is 4.90 Å². The van der Waals surface area contributed by atoms with Gasteiger partial charge in [-0.25, -0.2) is 8.42 Å². The molecule has 12 nitrogen and oxygen atoms in total. The van der Waals surface area contributed by atoms with Crippen molar-refractivity contribution in [2.24, 2.45) is 17.6 Å². The number of phenols is 1. The summed E-state index contributed by atoms with van der Waals surface area (Å²) in [5, 5.41) is 57.4. The fourth-order valence-electron chi connectivity index (χ4n) is 6.85. The largest absolute Gasteiger partial charge is 0.510 e. The number of nitrogens with two attached hydrogens (primary N) is 1. The number of phenolic OH excluding ortho intramolecular Hbond substituents is 1. The van der Waals surface area contributed by atoms with Crippen molar-refractivity contribution in [3.05, 3.63) is 51.0 Å². The molecule has 1 amide bonds. The van der Waals surface area contributed by atoms with Gasteiger partial charge in [0, 0.05) is 23.3 Å². The van der Waals surface area contributed by atoms with E-state index < -0.39 is 102 Å². The van der Waals surface area contributed by atoms with Gasteiger partial charge in [-0.05, 0) is 36.6 Å². The minimum Gasteiger partial charge on any atom is -0.510 e. The van der Waals surface area contributed by atoms with E-state index in [1.165, 1.54) is 25.1 Å². The summed E-state index contributed by atoms with van der Waals surface area (Å²) in [6, 6.07) is 0.120. The summed E-state index contributed by atoms with van der Waals surface area (Å²) in [5.41, 5.74) is 0.340. The Balaban J connectivity index is 2.12. The molecule has 0 bridgehead atoms. The quantitative estimate of drug-likeness (QED) is 0.265. The highest BCUT2D eigenvalue weighted by Crippen LogP contribution is 2.56. The predicted molar refractivity (Wildman–Crippen MR) is 147 cm³/mol. The van der Waals surface area contributed by atoms with E-state index >= 15 is 0 Å². The van der Waals surface area contributed by atoms with Crippen molar-refractivity contribution < 1.29 is 48.3 Å². The lowest BCUT2D eigenvalue weighted by Crippen LogP contribution is -2.68. The number of nitrogens with zero attached hydrogens (tertiary/aromatic N) is 1. The van der Waals surface area contributed by atoms with Crippen molar-refractivity contribution in [1.29, 1.82) is 0 Å². The van der Waals surface area contributed by atoms with Gasteiger partial charge in [0.1, 0.15) is 22.8 Å². The Morgan fingerprint density at radius 3 is 2.17 bits per heavy atom. The molecule has 0 saturated heterocycles. The molecular weight excluding hydrogens is 556 g/mol. The van der Waals surface area contributed by atoms with Crippen LogP contribution in [0, 0.1) is 11.8 Å². The highest BCUT2D eigenvalue weighted by atomic mass is 32.2. The number of ketones is 2. The van der Waals surface area contributed by atoms with Gasteiger partial charge in [0.05, 0.1) is 29.4 Å². The Kier molecular flexibility index (Phi) is 7.02. The van der Waals surface area contributed by atoms with E-state index in [9.17, 15) is 48.3 Å². The van der Waals surface area contributed by atoms with Gasteiger partial charge in [-0.2, -0.15) is 0 Å². The zero-order chi connectivity index (χ0) is 31.3. The van der Waals surface area contributed by atoms with Crippen LogP contribution in [0.1, 0.15) is 60.7 Å². The molecule has 4 rings (SSSR count). The highest BCUT2D eigenvalue weighted by Gasteiger charge is 2.67. The van der Waals surface area contributed by atoms with Crippen LogP contribution in [0.3, 0.4) is 0 Å². The number of carbonyl (C=O) groups is 3. The van der Waals surface area contributed by atoms with Gasteiger partial charge in [-0.1, -0.05) is 33.8 Å². The Bertz CT molecular complexity index is 1570. The molecule has 3 aliphatic carbocycles. The fourth-order valence-corrected chi connectivity index (χ4v) is 7.65. The second-order valence-corrected chi connectivity index (χ2v) is 14.7. The maximum atomic E-state index is 14.2. The van der Waals surface area contributed by atoms with Crippen LogP contribution in [-0.4, -0.2) is 94.4 Å². The Hall–Kier alpha value is -3.26. The molecule has 41 heavy (non-hydrogen) atoms. The van der Waals surface area contributed by atoms with Crippen molar-refractivity contribution >= 4 is 27.3 Å². The fraction of sp³-hybridized carbons (Fsp3) is 0.536. The Morgan fingerprint density at radius 1 is 1.15 bits per heavy atom. The van der Waals surface area contributed by atoms with E-state index in [0.29, 0.717) is 0 Å². The number of hydrogen-bond acceptors (Lipinski definition) is 11. The smallest absolute Gasteiger partial charge is 0.255 e. The lowest BCUT2D eigenvalue weighted by atomic mass is 9.54. The summed E-state index contributed by atoms with van der Waals surface area (Å²) in [5.74, 6) is -10.6. The second kappa shape index (κ2) is 9.38. The summed E-state index contributed by atoms with van der Waals surface area (Å²) in [6.07, 6.45) is -0.757. The van der Waals surface area contributed by atoms with Crippen LogP contribution in [0.25, 0.3) is 0 Å². The van der Waals surface area contributed by atoms with Crippen molar-refractivity contribution in [2.75, 3.05) is 20.4 Å². The Labute approximate surface area is 237 Å².